The van der Waals surface area contributed by atoms with Crippen LogP contribution < -0.4 is 15.5 Å². The molecule has 4 aromatic heterocycles. The topological polar surface area (TPSA) is 152 Å². The number of methoxy groups -OCH3 is 1. The molecule has 0 radical (unpaired) electrons. The van der Waals surface area contributed by atoms with Gasteiger partial charge in [0.1, 0.15) is 11.4 Å². The van der Waals surface area contributed by atoms with E-state index in [9.17, 15) is 9.18 Å². The molecule has 0 aliphatic carbocycles. The predicted molar refractivity (Wildman–Crippen MR) is 136 cm³/mol. The van der Waals surface area contributed by atoms with E-state index in [1.165, 1.54) is 23.3 Å². The molecular weight excluding hydrogens is 493 g/mol. The number of aryl methyl sites for hydroxylation is 2. The van der Waals surface area contributed by atoms with Crippen LogP contribution in [0.5, 0.6) is 0 Å². The summed E-state index contributed by atoms with van der Waals surface area (Å²) in [7, 11) is 1.55. The van der Waals surface area contributed by atoms with Crippen molar-refractivity contribution in [1.82, 2.24) is 45.2 Å². The fraction of sp³-hybridized carbons (Fsp3) is 0.375. The minimum absolute atomic E-state index is 0.178. The van der Waals surface area contributed by atoms with Gasteiger partial charge in [-0.2, -0.15) is 15.2 Å². The third-order valence-corrected chi connectivity index (χ3v) is 6.37. The van der Waals surface area contributed by atoms with Gasteiger partial charge in [-0.3, -0.25) is 14.9 Å². The quantitative estimate of drug-likeness (QED) is 0.314. The van der Waals surface area contributed by atoms with Gasteiger partial charge in [0.25, 0.3) is 5.91 Å². The standard InChI is InChI=1S/C24H28FN11O2/c1-15-8-19(31-20-9-16(2)33-34-20)32-23(30-15)35-6-4-24(38-3,5-7-35)22(37)28-12-18-11-27-21(13-26-18)36-14-17(25)10-29-36/h8-11,13-14H,4-7,12H2,1-3H3,(H,28,37)(H2,30,31,32,33,34). The second-order valence-electron chi connectivity index (χ2n) is 9.09. The highest BCUT2D eigenvalue weighted by molar-refractivity contribution is 5.85. The molecule has 0 atom stereocenters. The van der Waals surface area contributed by atoms with Gasteiger partial charge in [-0.05, 0) is 13.8 Å². The van der Waals surface area contributed by atoms with E-state index < -0.39 is 11.4 Å². The number of ether oxygens (including phenoxy) is 1. The Labute approximate surface area is 217 Å². The summed E-state index contributed by atoms with van der Waals surface area (Å²) in [5, 5.41) is 17.1. The Kier molecular flexibility index (Phi) is 6.96. The minimum Gasteiger partial charge on any atom is -0.368 e. The van der Waals surface area contributed by atoms with Gasteiger partial charge < -0.3 is 20.3 Å². The van der Waals surface area contributed by atoms with Crippen molar-refractivity contribution in [2.75, 3.05) is 30.4 Å². The van der Waals surface area contributed by atoms with Crippen LogP contribution in [0, 0.1) is 19.7 Å². The molecule has 14 heteroatoms. The summed E-state index contributed by atoms with van der Waals surface area (Å²) in [6, 6.07) is 3.75. The summed E-state index contributed by atoms with van der Waals surface area (Å²) in [6.45, 7) is 5.10. The molecule has 3 N–H and O–H groups in total. The molecule has 1 fully saturated rings. The molecule has 5 rings (SSSR count). The highest BCUT2D eigenvalue weighted by Crippen LogP contribution is 2.29. The number of hydrogen-bond donors (Lipinski definition) is 3. The molecule has 0 spiro atoms. The van der Waals surface area contributed by atoms with Gasteiger partial charge in [0, 0.05) is 56.6 Å². The van der Waals surface area contributed by atoms with Gasteiger partial charge in [-0.1, -0.05) is 0 Å². The number of carbonyl (C=O) groups excluding carboxylic acids is 1. The first-order valence-electron chi connectivity index (χ1n) is 12.1. The molecule has 1 saturated heterocycles. The van der Waals surface area contributed by atoms with Crippen LogP contribution >= 0.6 is 0 Å². The number of aromatic amines is 1. The first-order valence-corrected chi connectivity index (χ1v) is 12.1. The van der Waals surface area contributed by atoms with Gasteiger partial charge in [-0.25, -0.2) is 19.0 Å². The first kappa shape index (κ1) is 25.2. The molecule has 5 heterocycles. The lowest BCUT2D eigenvalue weighted by Crippen LogP contribution is -2.55. The van der Waals surface area contributed by atoms with E-state index in [0.29, 0.717) is 55.0 Å². The van der Waals surface area contributed by atoms with Gasteiger partial charge in [0.2, 0.25) is 5.95 Å². The molecule has 4 aromatic rings. The molecule has 1 aliphatic rings. The summed E-state index contributed by atoms with van der Waals surface area (Å²) < 4.78 is 20.2. The van der Waals surface area contributed by atoms with Gasteiger partial charge in [0.15, 0.2) is 17.5 Å². The van der Waals surface area contributed by atoms with E-state index >= 15 is 0 Å². The summed E-state index contributed by atoms with van der Waals surface area (Å²) in [6.07, 6.45) is 6.21. The van der Waals surface area contributed by atoms with E-state index in [2.05, 4.69) is 45.9 Å². The van der Waals surface area contributed by atoms with Gasteiger partial charge >= 0.3 is 0 Å². The number of nitrogens with one attached hydrogen (secondary N) is 3. The maximum atomic E-state index is 13.2. The Hall–Kier alpha value is -4.46. The summed E-state index contributed by atoms with van der Waals surface area (Å²) >= 11 is 0. The smallest absolute Gasteiger partial charge is 0.252 e. The zero-order valence-corrected chi connectivity index (χ0v) is 21.3. The Morgan fingerprint density at radius 3 is 2.58 bits per heavy atom. The minimum atomic E-state index is -0.978. The van der Waals surface area contributed by atoms with Crippen molar-refractivity contribution in [3.05, 3.63) is 59.8 Å². The lowest BCUT2D eigenvalue weighted by atomic mass is 9.90. The molecule has 38 heavy (non-hydrogen) atoms. The number of H-pyrrole nitrogens is 1. The molecule has 1 aliphatic heterocycles. The number of piperidine rings is 1. The van der Waals surface area contributed by atoms with E-state index in [1.54, 1.807) is 7.11 Å². The van der Waals surface area contributed by atoms with Crippen LogP contribution in [-0.2, 0) is 16.1 Å². The molecular formula is C24H28FN11O2. The van der Waals surface area contributed by atoms with Crippen molar-refractivity contribution in [2.24, 2.45) is 0 Å². The number of amides is 1. The van der Waals surface area contributed by atoms with Crippen LogP contribution in [-0.4, -0.2) is 71.6 Å². The molecule has 0 aromatic carbocycles. The van der Waals surface area contributed by atoms with Crippen molar-refractivity contribution in [3.63, 3.8) is 0 Å². The van der Waals surface area contributed by atoms with Crippen LogP contribution in [0.3, 0.4) is 0 Å². The lowest BCUT2D eigenvalue weighted by Gasteiger charge is -2.39. The normalized spacial score (nSPS) is 14.9. The first-order chi connectivity index (χ1) is 18.3. The summed E-state index contributed by atoms with van der Waals surface area (Å²) in [5.41, 5.74) is 1.33. The van der Waals surface area contributed by atoms with Crippen molar-refractivity contribution in [3.8, 4) is 5.82 Å². The molecule has 13 nitrogen and oxygen atoms in total. The monoisotopic (exact) mass is 521 g/mol. The highest BCUT2D eigenvalue weighted by Gasteiger charge is 2.42. The van der Waals surface area contributed by atoms with Gasteiger partial charge in [0.05, 0.1) is 37.0 Å². The third kappa shape index (κ3) is 5.44. The second-order valence-corrected chi connectivity index (χ2v) is 9.09. The SMILES string of the molecule is COC1(C(=O)NCc2cnc(-n3cc(F)cn3)cn2)CCN(c2nc(C)cc(Nc3cc(C)[nH]n3)n2)CC1. The predicted octanol–water partition coefficient (Wildman–Crippen LogP) is 1.98. The molecule has 0 unspecified atom stereocenters. The Morgan fingerprint density at radius 2 is 1.95 bits per heavy atom. The summed E-state index contributed by atoms with van der Waals surface area (Å²) in [4.78, 5) is 33.0. The van der Waals surface area contributed by atoms with E-state index in [-0.39, 0.29) is 12.5 Å². The van der Waals surface area contributed by atoms with Gasteiger partial charge in [-0.15, -0.1) is 0 Å². The average molecular weight is 522 g/mol. The number of halogens is 1. The van der Waals surface area contributed by atoms with E-state index in [0.717, 1.165) is 17.6 Å². The van der Waals surface area contributed by atoms with Crippen LogP contribution in [0.1, 0.15) is 29.9 Å². The van der Waals surface area contributed by atoms with Crippen molar-refractivity contribution in [1.29, 1.82) is 0 Å². The fourth-order valence-electron chi connectivity index (χ4n) is 4.28. The Balaban J connectivity index is 1.19. The van der Waals surface area contributed by atoms with Crippen molar-refractivity contribution < 1.29 is 13.9 Å². The number of hydrogen-bond acceptors (Lipinski definition) is 10. The lowest BCUT2D eigenvalue weighted by molar-refractivity contribution is -0.146. The van der Waals surface area contributed by atoms with Crippen LogP contribution in [0.25, 0.3) is 5.82 Å². The maximum absolute atomic E-state index is 13.2. The average Bonchev–Trinajstić information content (AvgIpc) is 3.54. The summed E-state index contributed by atoms with van der Waals surface area (Å²) in [5.74, 6) is 1.59. The zero-order chi connectivity index (χ0) is 26.7. The van der Waals surface area contributed by atoms with Crippen LogP contribution in [0.4, 0.5) is 22.0 Å². The maximum Gasteiger partial charge on any atom is 0.252 e. The number of anilines is 3. The second kappa shape index (κ2) is 10.5. The number of carbonyl (C=O) groups is 1. The highest BCUT2D eigenvalue weighted by atomic mass is 19.1. The van der Waals surface area contributed by atoms with E-state index in [4.69, 9.17) is 4.74 Å². The number of nitrogens with zero attached hydrogens (tertiary/aromatic N) is 8. The van der Waals surface area contributed by atoms with Crippen LogP contribution in [0.15, 0.2) is 36.9 Å². The van der Waals surface area contributed by atoms with Crippen LogP contribution in [0.2, 0.25) is 0 Å². The zero-order valence-electron chi connectivity index (χ0n) is 21.3. The number of rotatable bonds is 8. The molecule has 1 amide bonds. The molecule has 198 valence electrons. The third-order valence-electron chi connectivity index (χ3n) is 6.37. The molecule has 0 bridgehead atoms. The van der Waals surface area contributed by atoms with Crippen molar-refractivity contribution >= 4 is 23.5 Å². The fourth-order valence-corrected chi connectivity index (χ4v) is 4.28. The Morgan fingerprint density at radius 1 is 1.13 bits per heavy atom. The van der Waals surface area contributed by atoms with Crippen molar-refractivity contribution in [2.45, 2.75) is 38.8 Å². The van der Waals surface area contributed by atoms with E-state index in [1.807, 2.05) is 30.9 Å². The number of aromatic nitrogens is 8. The largest absolute Gasteiger partial charge is 0.368 e. The Bertz CT molecular complexity index is 1410. The molecule has 0 saturated carbocycles.